The first-order chi connectivity index (χ1) is 17.3. The van der Waals surface area contributed by atoms with Crippen molar-refractivity contribution in [2.24, 2.45) is 0 Å². The predicted molar refractivity (Wildman–Crippen MR) is 117 cm³/mol. The molecule has 0 spiro atoms. The summed E-state index contributed by atoms with van der Waals surface area (Å²) < 4.78 is 78.0. The molecule has 0 bridgehead atoms. The lowest BCUT2D eigenvalue weighted by Crippen LogP contribution is -2.25. The van der Waals surface area contributed by atoms with Gasteiger partial charge in [-0.3, -0.25) is 9.59 Å². The Balaban J connectivity index is 1.74. The number of carbonyl (C=O) groups is 2. The quantitative estimate of drug-likeness (QED) is 0.333. The molecule has 1 amide bonds. The Morgan fingerprint density at radius 3 is 2.35 bits per heavy atom. The van der Waals surface area contributed by atoms with Gasteiger partial charge >= 0.3 is 18.3 Å². The second-order valence-electron chi connectivity index (χ2n) is 7.78. The first kappa shape index (κ1) is 27.3. The zero-order chi connectivity index (χ0) is 27.2. The third kappa shape index (κ3) is 8.13. The Labute approximate surface area is 206 Å². The summed E-state index contributed by atoms with van der Waals surface area (Å²) in [6.07, 6.45) is -8.19. The molecule has 2 aromatic heterocycles. The molecule has 2 heterocycles. The highest BCUT2D eigenvalue weighted by Gasteiger charge is 2.32. The Bertz CT molecular complexity index is 1210. The summed E-state index contributed by atoms with van der Waals surface area (Å²) in [6, 6.07) is 9.77. The minimum absolute atomic E-state index is 0.0205. The fourth-order valence-corrected chi connectivity index (χ4v) is 3.13. The van der Waals surface area contributed by atoms with Gasteiger partial charge in [-0.2, -0.15) is 31.4 Å². The van der Waals surface area contributed by atoms with E-state index in [0.29, 0.717) is 6.20 Å². The first-order valence-corrected chi connectivity index (χ1v) is 10.7. The van der Waals surface area contributed by atoms with E-state index in [9.17, 15) is 35.9 Å². The van der Waals surface area contributed by atoms with E-state index in [4.69, 9.17) is 5.11 Å². The zero-order valence-electron chi connectivity index (χ0n) is 18.8. The lowest BCUT2D eigenvalue weighted by atomic mass is 10.0. The second-order valence-corrected chi connectivity index (χ2v) is 7.78. The highest BCUT2D eigenvalue weighted by molar-refractivity contribution is 5.93. The minimum Gasteiger partial charge on any atom is -0.481 e. The van der Waals surface area contributed by atoms with Crippen molar-refractivity contribution >= 4 is 17.6 Å². The Hall–Kier alpha value is -4.28. The normalized spacial score (nSPS) is 12.5. The number of aliphatic carboxylic acids is 1. The van der Waals surface area contributed by atoms with Crippen molar-refractivity contribution < 1.29 is 41.0 Å². The van der Waals surface area contributed by atoms with Crippen LogP contribution in [0.1, 0.15) is 46.8 Å². The van der Waals surface area contributed by atoms with Gasteiger partial charge in [0.05, 0.1) is 41.7 Å². The highest BCUT2D eigenvalue weighted by Crippen LogP contribution is 2.31. The monoisotopic (exact) mass is 527 g/mol. The SMILES string of the molecule is O=C(O)CCNC(=O)c1c#cc(C(CCC(F)(F)F)Nc2ccc(-n3cc(C(F)(F)F)cn3)nc2)cc1. The number of carboxylic acid groups (broad SMARTS) is 1. The number of hydrogen-bond acceptors (Lipinski definition) is 5. The summed E-state index contributed by atoms with van der Waals surface area (Å²) in [4.78, 5) is 26.6. The van der Waals surface area contributed by atoms with Crippen molar-refractivity contribution in [1.82, 2.24) is 20.1 Å². The highest BCUT2D eigenvalue weighted by atomic mass is 19.4. The minimum atomic E-state index is -4.58. The van der Waals surface area contributed by atoms with E-state index in [1.54, 1.807) is 0 Å². The molecule has 0 fully saturated rings. The lowest BCUT2D eigenvalue weighted by Gasteiger charge is -2.20. The van der Waals surface area contributed by atoms with Crippen LogP contribution >= 0.6 is 0 Å². The number of alkyl halides is 6. The van der Waals surface area contributed by atoms with Gasteiger partial charge in [0.15, 0.2) is 5.82 Å². The molecular weight excluding hydrogens is 508 g/mol. The van der Waals surface area contributed by atoms with Gasteiger partial charge in [-0.1, -0.05) is 12.1 Å². The number of halogens is 6. The maximum Gasteiger partial charge on any atom is 0.419 e. The number of aromatic nitrogens is 3. The van der Waals surface area contributed by atoms with Gasteiger partial charge in [0.2, 0.25) is 0 Å². The van der Waals surface area contributed by atoms with Gasteiger partial charge in [0.25, 0.3) is 5.91 Å². The molecule has 0 saturated heterocycles. The molecule has 3 aromatic rings. The summed E-state index contributed by atoms with van der Waals surface area (Å²) in [5, 5.41) is 17.5. The summed E-state index contributed by atoms with van der Waals surface area (Å²) in [5.74, 6) is -1.65. The van der Waals surface area contributed by atoms with Crippen molar-refractivity contribution in [3.8, 4) is 5.82 Å². The fourth-order valence-electron chi connectivity index (χ4n) is 3.13. The van der Waals surface area contributed by atoms with Crippen molar-refractivity contribution in [2.45, 2.75) is 37.7 Å². The zero-order valence-corrected chi connectivity index (χ0v) is 18.8. The van der Waals surface area contributed by atoms with Crippen LogP contribution in [0.4, 0.5) is 32.0 Å². The van der Waals surface area contributed by atoms with Crippen LogP contribution < -0.4 is 10.6 Å². The number of nitrogens with zero attached hydrogens (tertiary/aromatic N) is 3. The number of pyridine rings is 1. The van der Waals surface area contributed by atoms with E-state index in [-0.39, 0.29) is 35.6 Å². The smallest absolute Gasteiger partial charge is 0.419 e. The molecule has 8 nitrogen and oxygen atoms in total. The number of amides is 1. The van der Waals surface area contributed by atoms with Crippen LogP contribution in [0.25, 0.3) is 5.82 Å². The Morgan fingerprint density at radius 2 is 1.81 bits per heavy atom. The van der Waals surface area contributed by atoms with Gasteiger partial charge < -0.3 is 15.7 Å². The molecule has 0 aliphatic carbocycles. The molecule has 0 radical (unpaired) electrons. The molecule has 0 saturated carbocycles. The van der Waals surface area contributed by atoms with Gasteiger partial charge in [0.1, 0.15) is 0 Å². The predicted octanol–water partition coefficient (Wildman–Crippen LogP) is 4.59. The lowest BCUT2D eigenvalue weighted by molar-refractivity contribution is -0.138. The largest absolute Gasteiger partial charge is 0.481 e. The van der Waals surface area contributed by atoms with Gasteiger partial charge in [-0.15, -0.1) is 0 Å². The van der Waals surface area contributed by atoms with Crippen LogP contribution in [0.5, 0.6) is 0 Å². The van der Waals surface area contributed by atoms with Gasteiger partial charge in [-0.05, 0) is 30.7 Å². The summed E-state index contributed by atoms with van der Waals surface area (Å²) >= 11 is 0. The van der Waals surface area contributed by atoms with Crippen molar-refractivity contribution in [3.63, 3.8) is 0 Å². The van der Waals surface area contributed by atoms with E-state index in [0.717, 1.165) is 10.9 Å². The number of carbonyl (C=O) groups excluding carboxylic acids is 1. The molecule has 14 heteroatoms. The van der Waals surface area contributed by atoms with Crippen LogP contribution in [0.2, 0.25) is 0 Å². The van der Waals surface area contributed by atoms with Crippen LogP contribution in [-0.2, 0) is 11.0 Å². The van der Waals surface area contributed by atoms with Crippen molar-refractivity contribution in [2.75, 3.05) is 11.9 Å². The average Bonchev–Trinajstić information content (AvgIpc) is 3.32. The van der Waals surface area contributed by atoms with E-state index < -0.39 is 48.7 Å². The Kier molecular flexibility index (Phi) is 8.26. The molecule has 196 valence electrons. The molecule has 1 unspecified atom stereocenters. The van der Waals surface area contributed by atoms with Crippen molar-refractivity contribution in [3.05, 3.63) is 71.7 Å². The number of rotatable bonds is 10. The maximum atomic E-state index is 12.9. The van der Waals surface area contributed by atoms with Gasteiger partial charge in [0, 0.05) is 24.7 Å². The number of nitrogens with one attached hydrogen (secondary N) is 2. The first-order valence-electron chi connectivity index (χ1n) is 10.7. The molecule has 3 rings (SSSR count). The van der Waals surface area contributed by atoms with E-state index in [2.05, 4.69) is 32.8 Å². The number of anilines is 1. The maximum absolute atomic E-state index is 12.9. The summed E-state index contributed by atoms with van der Waals surface area (Å²) in [5.41, 5.74) is -0.401. The van der Waals surface area contributed by atoms with Crippen molar-refractivity contribution in [1.29, 1.82) is 0 Å². The number of carboxylic acids is 1. The van der Waals surface area contributed by atoms with Crippen LogP contribution in [0.3, 0.4) is 0 Å². The molecule has 1 aromatic carbocycles. The third-order valence-electron chi connectivity index (χ3n) is 4.97. The van der Waals surface area contributed by atoms with E-state index in [1.165, 1.54) is 30.5 Å². The summed E-state index contributed by atoms with van der Waals surface area (Å²) in [7, 11) is 0. The molecule has 1 atom stereocenters. The molecule has 0 aliphatic rings. The molecular formula is C23H19F6N5O3. The molecule has 0 aliphatic heterocycles. The topological polar surface area (TPSA) is 109 Å². The Morgan fingerprint density at radius 1 is 1.05 bits per heavy atom. The second kappa shape index (κ2) is 11.2. The molecule has 37 heavy (non-hydrogen) atoms. The fraction of sp³-hybridized carbons (Fsp3) is 0.304. The number of hydrogen-bond donors (Lipinski definition) is 3. The van der Waals surface area contributed by atoms with Crippen LogP contribution in [0.15, 0.2) is 42.9 Å². The standard InChI is InChI=1S/C23H19F6N5O3/c24-22(25,26)9-7-18(14-1-3-15(4-2-14)21(37)30-10-8-20(35)36)33-17-5-6-19(31-12-17)34-13-16(11-32-34)23(27,28)29/h1,3,5-6,11-13,18,33H,7-10H2,(H,30,37)(H,35,36). The summed E-state index contributed by atoms with van der Waals surface area (Å²) in [6.45, 7) is -0.113. The van der Waals surface area contributed by atoms with Gasteiger partial charge in [-0.25, -0.2) is 9.67 Å². The average molecular weight is 527 g/mol. The molecule has 3 N–H and O–H groups in total. The third-order valence-corrected chi connectivity index (χ3v) is 4.97. The van der Waals surface area contributed by atoms with Crippen LogP contribution in [0, 0.1) is 12.1 Å². The van der Waals surface area contributed by atoms with E-state index in [1.807, 2.05) is 0 Å². The van der Waals surface area contributed by atoms with Crippen LogP contribution in [-0.4, -0.2) is 44.5 Å². The van der Waals surface area contributed by atoms with E-state index >= 15 is 0 Å².